The van der Waals surface area contributed by atoms with Gasteiger partial charge in [-0.15, -0.1) is 0 Å². The van der Waals surface area contributed by atoms with Crippen molar-refractivity contribution in [3.05, 3.63) is 70.8 Å². The molecule has 3 unspecified atom stereocenters. The molecule has 0 fully saturated rings. The highest BCUT2D eigenvalue weighted by molar-refractivity contribution is 5.94. The number of nitrogens with one attached hydrogen (secondary N) is 2. The van der Waals surface area contributed by atoms with E-state index in [0.29, 0.717) is 12.0 Å². The number of ether oxygens (including phenoxy) is 2. The molecule has 3 atom stereocenters. The third kappa shape index (κ3) is 11.0. The Labute approximate surface area is 256 Å². The number of hydrogen-bond acceptors (Lipinski definition) is 6. The van der Waals surface area contributed by atoms with E-state index < -0.39 is 53.2 Å². The van der Waals surface area contributed by atoms with Gasteiger partial charge < -0.3 is 25.0 Å². The van der Waals surface area contributed by atoms with Crippen LogP contribution < -0.4 is 10.6 Å². The van der Waals surface area contributed by atoms with Crippen LogP contribution in [0.25, 0.3) is 0 Å². The molecule has 2 aromatic carbocycles. The summed E-state index contributed by atoms with van der Waals surface area (Å²) in [5.41, 5.74) is 1.77. The van der Waals surface area contributed by atoms with Gasteiger partial charge in [-0.3, -0.25) is 9.59 Å². The number of amides is 3. The van der Waals surface area contributed by atoms with E-state index in [4.69, 9.17) is 9.47 Å². The van der Waals surface area contributed by atoms with Crippen molar-refractivity contribution >= 4 is 23.9 Å². The van der Waals surface area contributed by atoms with E-state index >= 15 is 0 Å². The molecule has 0 saturated heterocycles. The molecular formula is C34H49N3O6. The van der Waals surface area contributed by atoms with Gasteiger partial charge in [0.1, 0.15) is 29.3 Å². The minimum absolute atomic E-state index is 0.208. The molecule has 0 aliphatic rings. The van der Waals surface area contributed by atoms with Crippen LogP contribution in [-0.4, -0.2) is 58.6 Å². The molecule has 0 heterocycles. The molecule has 0 radical (unpaired) electrons. The van der Waals surface area contributed by atoms with E-state index in [1.54, 1.807) is 48.5 Å². The van der Waals surface area contributed by atoms with Crippen molar-refractivity contribution in [1.29, 1.82) is 0 Å². The van der Waals surface area contributed by atoms with Crippen LogP contribution >= 0.6 is 0 Å². The predicted molar refractivity (Wildman–Crippen MR) is 167 cm³/mol. The highest BCUT2D eigenvalue weighted by Crippen LogP contribution is 2.28. The third-order valence-corrected chi connectivity index (χ3v) is 6.64. The zero-order valence-electron chi connectivity index (χ0n) is 27.4. The average molecular weight is 596 g/mol. The van der Waals surface area contributed by atoms with E-state index in [-0.39, 0.29) is 13.0 Å². The lowest BCUT2D eigenvalue weighted by Crippen LogP contribution is -2.54. The van der Waals surface area contributed by atoms with Gasteiger partial charge in [-0.2, -0.15) is 0 Å². The number of carbonyl (C=O) groups excluding carboxylic acids is 4. The molecule has 9 nitrogen and oxygen atoms in total. The number of aryl methyl sites for hydroxylation is 1. The van der Waals surface area contributed by atoms with E-state index in [9.17, 15) is 19.2 Å². The molecule has 0 aliphatic carbocycles. The van der Waals surface area contributed by atoms with Crippen molar-refractivity contribution in [2.45, 2.75) is 111 Å². The molecule has 9 heteroatoms. The highest BCUT2D eigenvalue weighted by Gasteiger charge is 2.37. The molecule has 0 spiro atoms. The number of rotatable bonds is 11. The Hall–Kier alpha value is -3.88. The van der Waals surface area contributed by atoms with E-state index in [2.05, 4.69) is 10.6 Å². The molecule has 0 aliphatic heterocycles. The maximum atomic E-state index is 14.3. The first-order valence-corrected chi connectivity index (χ1v) is 14.9. The van der Waals surface area contributed by atoms with Gasteiger partial charge in [-0.05, 0) is 91.0 Å². The maximum Gasteiger partial charge on any atom is 0.408 e. The minimum Gasteiger partial charge on any atom is -0.458 e. The topological polar surface area (TPSA) is 114 Å². The second-order valence-corrected chi connectivity index (χ2v) is 12.9. The molecule has 0 saturated carbocycles. The fraction of sp³-hybridized carbons (Fsp3) is 0.529. The van der Waals surface area contributed by atoms with Crippen LogP contribution in [0.4, 0.5) is 4.79 Å². The summed E-state index contributed by atoms with van der Waals surface area (Å²) in [5, 5.41) is 5.52. The summed E-state index contributed by atoms with van der Waals surface area (Å²) < 4.78 is 11.0. The van der Waals surface area contributed by atoms with Crippen LogP contribution in [0.3, 0.4) is 0 Å². The first-order chi connectivity index (χ1) is 19.9. The number of hydrogen-bond donors (Lipinski definition) is 2. The maximum absolute atomic E-state index is 14.3. The number of benzene rings is 2. The van der Waals surface area contributed by atoms with Crippen molar-refractivity contribution in [2.24, 2.45) is 0 Å². The van der Waals surface area contributed by atoms with Gasteiger partial charge in [-0.25, -0.2) is 9.59 Å². The van der Waals surface area contributed by atoms with E-state index in [0.717, 1.165) is 16.7 Å². The van der Waals surface area contributed by atoms with Crippen molar-refractivity contribution in [3.63, 3.8) is 0 Å². The molecule has 2 rings (SSSR count). The SMILES string of the molecule is CCCN(C(=O)C(C)NC(=O)OC(C)(C)C)C(C(=O)NC(Cc1ccccc1)C(=O)OC(C)(C)C)c1cccc(C)c1C. The summed E-state index contributed by atoms with van der Waals surface area (Å²) in [6, 6.07) is 11.9. The summed E-state index contributed by atoms with van der Waals surface area (Å²) in [6.45, 7) is 18.1. The van der Waals surface area contributed by atoms with Gasteiger partial charge in [0.15, 0.2) is 0 Å². The van der Waals surface area contributed by atoms with Crippen molar-refractivity contribution in [2.75, 3.05) is 6.54 Å². The van der Waals surface area contributed by atoms with Crippen molar-refractivity contribution in [1.82, 2.24) is 15.5 Å². The summed E-state index contributed by atoms with van der Waals surface area (Å²) in [7, 11) is 0. The lowest BCUT2D eigenvalue weighted by atomic mass is 9.94. The minimum atomic E-state index is -1.07. The second-order valence-electron chi connectivity index (χ2n) is 12.9. The number of nitrogens with zero attached hydrogens (tertiary/aromatic N) is 1. The first kappa shape index (κ1) is 35.3. The average Bonchev–Trinajstić information content (AvgIpc) is 2.88. The van der Waals surface area contributed by atoms with Crippen LogP contribution in [-0.2, 0) is 30.3 Å². The Morgan fingerprint density at radius 1 is 0.837 bits per heavy atom. The zero-order valence-corrected chi connectivity index (χ0v) is 27.4. The standard InChI is InChI=1S/C34H49N3O6/c1-11-20-37(30(39)24(4)35-32(41)43-34(8,9)10)28(26-19-15-16-22(2)23(26)3)29(38)36-27(31(40)42-33(5,6)7)21-25-17-13-12-14-18-25/h12-19,24,27-28H,11,20-21H2,1-10H3,(H,35,41)(H,36,38). The molecule has 236 valence electrons. The third-order valence-electron chi connectivity index (χ3n) is 6.64. The smallest absolute Gasteiger partial charge is 0.408 e. The fourth-order valence-electron chi connectivity index (χ4n) is 4.59. The Kier molecular flexibility index (Phi) is 12.3. The van der Waals surface area contributed by atoms with Crippen LogP contribution in [0, 0.1) is 13.8 Å². The summed E-state index contributed by atoms with van der Waals surface area (Å²) in [5.74, 6) is -1.55. The quantitative estimate of drug-likeness (QED) is 0.329. The normalized spacial score (nSPS) is 13.7. The summed E-state index contributed by atoms with van der Waals surface area (Å²) in [4.78, 5) is 55.6. The van der Waals surface area contributed by atoms with Gasteiger partial charge in [-0.1, -0.05) is 55.5 Å². The molecule has 2 aromatic rings. The van der Waals surface area contributed by atoms with Crippen molar-refractivity contribution in [3.8, 4) is 0 Å². The largest absolute Gasteiger partial charge is 0.458 e. The Bertz CT molecular complexity index is 1260. The van der Waals surface area contributed by atoms with Crippen molar-refractivity contribution < 1.29 is 28.7 Å². The Morgan fingerprint density at radius 3 is 2.00 bits per heavy atom. The van der Waals surface area contributed by atoms with Gasteiger partial charge >= 0.3 is 12.1 Å². The summed E-state index contributed by atoms with van der Waals surface area (Å²) in [6.07, 6.45) is 0.0312. The zero-order chi connectivity index (χ0) is 32.5. The number of esters is 1. The second kappa shape index (κ2) is 15.0. The van der Waals surface area contributed by atoms with Crippen LogP contribution in [0.5, 0.6) is 0 Å². The molecule has 3 amide bonds. The molecule has 0 bridgehead atoms. The lowest BCUT2D eigenvalue weighted by molar-refractivity contribution is -0.159. The van der Waals surface area contributed by atoms with Crippen LogP contribution in [0.15, 0.2) is 48.5 Å². The number of alkyl carbamates (subject to hydrolysis) is 1. The number of carbonyl (C=O) groups is 4. The van der Waals surface area contributed by atoms with E-state index in [1.807, 2.05) is 69.3 Å². The van der Waals surface area contributed by atoms with Gasteiger partial charge in [0.05, 0.1) is 0 Å². The monoisotopic (exact) mass is 595 g/mol. The van der Waals surface area contributed by atoms with Gasteiger partial charge in [0, 0.05) is 13.0 Å². The Balaban J connectivity index is 2.54. The highest BCUT2D eigenvalue weighted by atomic mass is 16.6. The predicted octanol–water partition coefficient (Wildman–Crippen LogP) is 5.57. The van der Waals surface area contributed by atoms with Gasteiger partial charge in [0.25, 0.3) is 0 Å². The fourth-order valence-corrected chi connectivity index (χ4v) is 4.59. The van der Waals surface area contributed by atoms with Gasteiger partial charge in [0.2, 0.25) is 11.8 Å². The van der Waals surface area contributed by atoms with Crippen LogP contribution in [0.1, 0.15) is 90.1 Å². The first-order valence-electron chi connectivity index (χ1n) is 14.9. The molecule has 2 N–H and O–H groups in total. The molecule has 0 aromatic heterocycles. The van der Waals surface area contributed by atoms with E-state index in [1.165, 1.54) is 4.90 Å². The molecular weight excluding hydrogens is 546 g/mol. The lowest BCUT2D eigenvalue weighted by Gasteiger charge is -2.35. The Morgan fingerprint density at radius 2 is 1.44 bits per heavy atom. The summed E-state index contributed by atoms with van der Waals surface area (Å²) >= 11 is 0. The van der Waals surface area contributed by atoms with Crippen LogP contribution in [0.2, 0.25) is 0 Å². The molecule has 43 heavy (non-hydrogen) atoms.